The second-order valence-corrected chi connectivity index (χ2v) is 5.41. The summed E-state index contributed by atoms with van der Waals surface area (Å²) < 4.78 is 19.2. The monoisotopic (exact) mass is 311 g/mol. The number of nitriles is 1. The molecule has 1 fully saturated rings. The zero-order valence-electron chi connectivity index (χ0n) is 12.5. The molecule has 0 atom stereocenters. The Bertz CT molecular complexity index is 795. The highest BCUT2D eigenvalue weighted by Gasteiger charge is 2.33. The predicted molar refractivity (Wildman–Crippen MR) is 80.4 cm³/mol. The molecule has 6 heteroatoms. The summed E-state index contributed by atoms with van der Waals surface area (Å²) in [6, 6.07) is 9.63. The molecule has 1 saturated heterocycles. The molecule has 0 spiro atoms. The van der Waals surface area contributed by atoms with Gasteiger partial charge in [-0.25, -0.2) is 9.37 Å². The van der Waals surface area contributed by atoms with Crippen LogP contribution in [0.15, 0.2) is 36.5 Å². The van der Waals surface area contributed by atoms with Gasteiger partial charge in [0.05, 0.1) is 24.7 Å². The largest absolute Gasteiger partial charge is 0.471 e. The van der Waals surface area contributed by atoms with Crippen molar-refractivity contribution in [1.29, 1.82) is 5.26 Å². The Labute approximate surface area is 132 Å². The second kappa shape index (κ2) is 6.05. The van der Waals surface area contributed by atoms with Crippen molar-refractivity contribution < 1.29 is 13.9 Å². The Morgan fingerprint density at radius 1 is 1.39 bits per heavy atom. The van der Waals surface area contributed by atoms with E-state index in [0.29, 0.717) is 35.7 Å². The Morgan fingerprint density at radius 3 is 2.87 bits per heavy atom. The van der Waals surface area contributed by atoms with Crippen molar-refractivity contribution in [3.63, 3.8) is 0 Å². The van der Waals surface area contributed by atoms with Gasteiger partial charge in [-0.2, -0.15) is 5.26 Å². The van der Waals surface area contributed by atoms with Crippen LogP contribution in [0.2, 0.25) is 0 Å². The van der Waals surface area contributed by atoms with Crippen molar-refractivity contribution in [3.8, 4) is 11.9 Å². The number of likely N-dealkylation sites (tertiary alicyclic amines) is 1. The van der Waals surface area contributed by atoms with Gasteiger partial charge < -0.3 is 9.64 Å². The van der Waals surface area contributed by atoms with Crippen LogP contribution in [0.1, 0.15) is 21.5 Å². The minimum absolute atomic E-state index is 0.171. The molecule has 0 N–H and O–H groups in total. The van der Waals surface area contributed by atoms with Gasteiger partial charge in [0.2, 0.25) is 5.88 Å². The zero-order chi connectivity index (χ0) is 16.4. The van der Waals surface area contributed by atoms with E-state index in [-0.39, 0.29) is 17.8 Å². The van der Waals surface area contributed by atoms with Gasteiger partial charge in [-0.3, -0.25) is 4.79 Å². The van der Waals surface area contributed by atoms with E-state index in [9.17, 15) is 9.18 Å². The van der Waals surface area contributed by atoms with Gasteiger partial charge >= 0.3 is 0 Å². The van der Waals surface area contributed by atoms with E-state index in [4.69, 9.17) is 10.00 Å². The summed E-state index contributed by atoms with van der Waals surface area (Å²) in [5.41, 5.74) is 1.31. The summed E-state index contributed by atoms with van der Waals surface area (Å²) in [7, 11) is 0. The molecule has 116 valence electrons. The molecule has 0 unspecified atom stereocenters. The van der Waals surface area contributed by atoms with E-state index >= 15 is 0 Å². The number of amides is 1. The molecule has 1 aliphatic rings. The molecule has 1 amide bonds. The molecule has 1 aromatic carbocycles. The van der Waals surface area contributed by atoms with Crippen LogP contribution in [0.25, 0.3) is 0 Å². The summed E-state index contributed by atoms with van der Waals surface area (Å²) in [6.07, 6.45) is 1.33. The molecule has 5 nitrogen and oxygen atoms in total. The smallest absolute Gasteiger partial charge is 0.254 e. The number of aromatic nitrogens is 1. The first-order valence-corrected chi connectivity index (χ1v) is 7.15. The van der Waals surface area contributed by atoms with Crippen molar-refractivity contribution in [3.05, 3.63) is 59.0 Å². The number of rotatable bonds is 3. The number of hydrogen-bond donors (Lipinski definition) is 0. The van der Waals surface area contributed by atoms with Crippen LogP contribution in [0, 0.1) is 24.1 Å². The molecular formula is C17H14FN3O2. The van der Waals surface area contributed by atoms with E-state index in [2.05, 4.69) is 4.98 Å². The number of nitrogens with zero attached hydrogens (tertiary/aromatic N) is 3. The lowest BCUT2D eigenvalue weighted by atomic mass is 10.1. The van der Waals surface area contributed by atoms with Crippen molar-refractivity contribution in [2.75, 3.05) is 13.1 Å². The maximum Gasteiger partial charge on any atom is 0.254 e. The van der Waals surface area contributed by atoms with Crippen LogP contribution in [0.3, 0.4) is 0 Å². The molecular weight excluding hydrogens is 297 g/mol. The molecule has 0 radical (unpaired) electrons. The van der Waals surface area contributed by atoms with Gasteiger partial charge in [-0.1, -0.05) is 6.07 Å². The minimum atomic E-state index is -0.387. The summed E-state index contributed by atoms with van der Waals surface area (Å²) in [5.74, 6) is -0.244. The van der Waals surface area contributed by atoms with Gasteiger partial charge in [-0.15, -0.1) is 0 Å². The van der Waals surface area contributed by atoms with E-state index in [1.165, 1.54) is 12.3 Å². The number of ether oxygens (including phenoxy) is 1. The number of hydrogen-bond acceptors (Lipinski definition) is 4. The van der Waals surface area contributed by atoms with Crippen LogP contribution >= 0.6 is 0 Å². The molecule has 0 bridgehead atoms. The first-order valence-electron chi connectivity index (χ1n) is 7.15. The van der Waals surface area contributed by atoms with Crippen LogP contribution in [0.5, 0.6) is 5.88 Å². The minimum Gasteiger partial charge on any atom is -0.471 e. The Hall–Kier alpha value is -2.94. The quantitative estimate of drug-likeness (QED) is 0.872. The van der Waals surface area contributed by atoms with Crippen LogP contribution in [-0.4, -0.2) is 35.0 Å². The van der Waals surface area contributed by atoms with E-state index in [0.717, 1.165) is 0 Å². The van der Waals surface area contributed by atoms with Gasteiger partial charge in [0, 0.05) is 17.8 Å². The Morgan fingerprint density at radius 2 is 2.17 bits per heavy atom. The van der Waals surface area contributed by atoms with Crippen LogP contribution in [0.4, 0.5) is 4.39 Å². The fourth-order valence-electron chi connectivity index (χ4n) is 2.30. The molecule has 3 rings (SSSR count). The Balaban J connectivity index is 1.59. The maximum atomic E-state index is 13.5. The van der Waals surface area contributed by atoms with Crippen LogP contribution < -0.4 is 4.74 Å². The zero-order valence-corrected chi connectivity index (χ0v) is 12.5. The second-order valence-electron chi connectivity index (χ2n) is 5.41. The number of aryl methyl sites for hydroxylation is 1. The van der Waals surface area contributed by atoms with E-state index in [1.807, 2.05) is 6.07 Å². The van der Waals surface area contributed by atoms with Crippen molar-refractivity contribution in [2.24, 2.45) is 0 Å². The average molecular weight is 311 g/mol. The fraction of sp³-hybridized carbons (Fsp3) is 0.235. The number of halogens is 1. The normalized spacial score (nSPS) is 14.0. The Kier molecular flexibility index (Phi) is 3.94. The summed E-state index contributed by atoms with van der Waals surface area (Å²) in [4.78, 5) is 17.9. The van der Waals surface area contributed by atoms with Gasteiger partial charge in [0.25, 0.3) is 5.91 Å². The number of carbonyl (C=O) groups is 1. The summed E-state index contributed by atoms with van der Waals surface area (Å²) in [6.45, 7) is 2.47. The van der Waals surface area contributed by atoms with Gasteiger partial charge in [0.1, 0.15) is 11.9 Å². The predicted octanol–water partition coefficient (Wildman–Crippen LogP) is 2.30. The third-order valence-corrected chi connectivity index (χ3v) is 3.71. The van der Waals surface area contributed by atoms with Crippen molar-refractivity contribution in [1.82, 2.24) is 9.88 Å². The summed E-state index contributed by atoms with van der Waals surface area (Å²) in [5, 5.41) is 8.83. The molecule has 0 aliphatic carbocycles. The third kappa shape index (κ3) is 3.14. The number of carbonyl (C=O) groups excluding carboxylic acids is 1. The highest BCUT2D eigenvalue weighted by molar-refractivity contribution is 5.94. The average Bonchev–Trinajstić information content (AvgIpc) is 2.52. The topological polar surface area (TPSA) is 66.2 Å². The molecule has 2 heterocycles. The first kappa shape index (κ1) is 15.0. The standard InChI is InChI=1S/C17H14FN3O2/c1-11-2-3-13(7-15(11)18)17(22)21-9-14(10-21)23-16-6-12(8-19)4-5-20-16/h2-7,14H,9-10H2,1H3. The molecule has 23 heavy (non-hydrogen) atoms. The highest BCUT2D eigenvalue weighted by atomic mass is 19.1. The molecule has 0 saturated carbocycles. The SMILES string of the molecule is Cc1ccc(C(=O)N2CC(Oc3cc(C#N)ccn3)C2)cc1F. The van der Waals surface area contributed by atoms with E-state index < -0.39 is 0 Å². The third-order valence-electron chi connectivity index (χ3n) is 3.71. The number of benzene rings is 1. The summed E-state index contributed by atoms with van der Waals surface area (Å²) >= 11 is 0. The van der Waals surface area contributed by atoms with Crippen LogP contribution in [-0.2, 0) is 0 Å². The van der Waals surface area contributed by atoms with Crippen molar-refractivity contribution >= 4 is 5.91 Å². The first-order chi connectivity index (χ1) is 11.1. The highest BCUT2D eigenvalue weighted by Crippen LogP contribution is 2.20. The lowest BCUT2D eigenvalue weighted by molar-refractivity contribution is 0.0160. The number of pyridine rings is 1. The molecule has 2 aromatic rings. The van der Waals surface area contributed by atoms with Crippen molar-refractivity contribution in [2.45, 2.75) is 13.0 Å². The van der Waals surface area contributed by atoms with E-state index in [1.54, 1.807) is 36.1 Å². The maximum absolute atomic E-state index is 13.5. The molecule has 1 aliphatic heterocycles. The molecule has 1 aromatic heterocycles. The lowest BCUT2D eigenvalue weighted by Gasteiger charge is -2.38. The van der Waals surface area contributed by atoms with Gasteiger partial charge in [0.15, 0.2) is 0 Å². The lowest BCUT2D eigenvalue weighted by Crippen LogP contribution is -2.56. The fourth-order valence-corrected chi connectivity index (χ4v) is 2.30. The van der Waals surface area contributed by atoms with Gasteiger partial charge in [-0.05, 0) is 30.7 Å².